The summed E-state index contributed by atoms with van der Waals surface area (Å²) in [5.74, 6) is 5.13. The molecular weight excluding hydrogens is 400 g/mol. The van der Waals surface area contributed by atoms with E-state index in [9.17, 15) is 4.21 Å². The van der Waals surface area contributed by atoms with Gasteiger partial charge in [0.25, 0.3) is 0 Å². The summed E-state index contributed by atoms with van der Waals surface area (Å²) in [6, 6.07) is 0. The zero-order valence-corrected chi connectivity index (χ0v) is 17.1. The van der Waals surface area contributed by atoms with E-state index in [1.807, 2.05) is 4.90 Å². The maximum atomic E-state index is 12.4. The Kier molecular flexibility index (Phi) is 5.50. The van der Waals surface area contributed by atoms with Crippen LogP contribution in [0.25, 0.3) is 10.5 Å². The Hall–Kier alpha value is -3.63. The largest absolute Gasteiger partial charge is 0.337 e. The molecule has 0 bridgehead atoms. The topological polar surface area (TPSA) is 101 Å². The minimum absolute atomic E-state index is 0.397. The van der Waals surface area contributed by atoms with Gasteiger partial charge in [0.2, 0.25) is 5.95 Å². The summed E-state index contributed by atoms with van der Waals surface area (Å²) < 4.78 is 12.4. The summed E-state index contributed by atoms with van der Waals surface area (Å²) in [5.41, 5.74) is 2.48. The molecule has 9 nitrogen and oxygen atoms in total. The second-order valence-electron chi connectivity index (χ2n) is 6.72. The first-order chi connectivity index (χ1) is 14.6. The molecule has 0 amide bonds. The van der Waals surface area contributed by atoms with Crippen molar-refractivity contribution in [2.24, 2.45) is 5.10 Å². The highest BCUT2D eigenvalue weighted by Crippen LogP contribution is 2.31. The van der Waals surface area contributed by atoms with Crippen molar-refractivity contribution in [2.75, 3.05) is 29.1 Å². The van der Waals surface area contributed by atoms with Crippen molar-refractivity contribution in [3.63, 3.8) is 0 Å². The molecule has 1 N–H and O–H groups in total. The average Bonchev–Trinajstić information content (AvgIpc) is 3.15. The molecule has 0 spiro atoms. The van der Waals surface area contributed by atoms with Crippen LogP contribution in [0.3, 0.4) is 0 Å². The van der Waals surface area contributed by atoms with Gasteiger partial charge in [0.1, 0.15) is 10.00 Å². The molecule has 0 radical (unpaired) electrons. The number of nitrogens with one attached hydrogen (secondary N) is 1. The number of hydrogen-bond acceptors (Lipinski definition) is 7. The van der Waals surface area contributed by atoms with E-state index < -0.39 is 10.8 Å². The van der Waals surface area contributed by atoms with Gasteiger partial charge >= 0.3 is 0 Å². The Bertz CT molecular complexity index is 1160. The Morgan fingerprint density at radius 2 is 2.17 bits per heavy atom. The van der Waals surface area contributed by atoms with E-state index in [2.05, 4.69) is 47.3 Å². The first-order valence-corrected chi connectivity index (χ1v) is 10.6. The lowest BCUT2D eigenvalue weighted by molar-refractivity contribution is 0.685. The van der Waals surface area contributed by atoms with Crippen molar-refractivity contribution >= 4 is 34.0 Å². The molecule has 10 heteroatoms. The van der Waals surface area contributed by atoms with Crippen LogP contribution in [0.1, 0.15) is 30.4 Å². The minimum atomic E-state index is -1.16. The van der Waals surface area contributed by atoms with Crippen molar-refractivity contribution < 1.29 is 4.21 Å². The highest BCUT2D eigenvalue weighted by atomic mass is 32.2. The lowest BCUT2D eigenvalue weighted by Crippen LogP contribution is -2.31. The first kappa shape index (κ1) is 19.7. The standard InChI is InChI=1S/C20H18N8OS/c1-4-14-11-22-18(23-12-14)15-5-8-28(9-6-15)20-25-16-7-10-30(29)17(16)19(26-20)24-13(2)27-21-3/h1,5,11-12H,6-10H2,2H3,(H,24,25,26,27)/t30-/m1/s1. The number of nitrogens with zero attached hydrogens (tertiary/aromatic N) is 7. The number of terminal acetylenes is 1. The van der Waals surface area contributed by atoms with Crippen LogP contribution in [0.5, 0.6) is 0 Å². The Balaban J connectivity index is 1.60. The summed E-state index contributed by atoms with van der Waals surface area (Å²) in [7, 11) is -1.16. The molecule has 0 fully saturated rings. The Morgan fingerprint density at radius 1 is 1.37 bits per heavy atom. The van der Waals surface area contributed by atoms with Crippen molar-refractivity contribution in [3.05, 3.63) is 47.1 Å². The molecule has 1 atom stereocenters. The van der Waals surface area contributed by atoms with Crippen molar-refractivity contribution in [3.8, 4) is 12.3 Å². The molecule has 150 valence electrons. The molecule has 2 aliphatic heterocycles. The molecule has 0 saturated heterocycles. The molecule has 0 aromatic carbocycles. The third kappa shape index (κ3) is 3.91. The molecule has 2 aliphatic rings. The van der Waals surface area contributed by atoms with E-state index in [1.165, 1.54) is 0 Å². The number of rotatable bonds is 3. The summed E-state index contributed by atoms with van der Waals surface area (Å²) >= 11 is 0. The zero-order valence-electron chi connectivity index (χ0n) is 16.3. The SMILES string of the molecule is [C-]#[N+]/N=C(/C)Nc1nc(N2CC=C(c3ncc(C#C)cn3)CC2)nc2c1[S@](=O)CC2. The van der Waals surface area contributed by atoms with Crippen LogP contribution >= 0.6 is 0 Å². The fourth-order valence-corrected chi connectivity index (χ4v) is 4.61. The Morgan fingerprint density at radius 3 is 2.83 bits per heavy atom. The predicted octanol–water partition coefficient (Wildman–Crippen LogP) is 1.87. The number of hydrogen-bond donors (Lipinski definition) is 1. The fraction of sp³-hybridized carbons (Fsp3) is 0.300. The van der Waals surface area contributed by atoms with E-state index >= 15 is 0 Å². The highest BCUT2D eigenvalue weighted by molar-refractivity contribution is 7.85. The maximum absolute atomic E-state index is 12.4. The van der Waals surface area contributed by atoms with Crippen LogP contribution in [-0.4, -0.2) is 48.8 Å². The summed E-state index contributed by atoms with van der Waals surface area (Å²) in [5, 5.41) is 6.67. The zero-order chi connectivity index (χ0) is 21.1. The number of aryl methyl sites for hydroxylation is 1. The van der Waals surface area contributed by atoms with Crippen LogP contribution in [0, 0.1) is 18.9 Å². The summed E-state index contributed by atoms with van der Waals surface area (Å²) in [4.78, 5) is 23.6. The molecule has 2 aromatic heterocycles. The van der Waals surface area contributed by atoms with Gasteiger partial charge in [-0.1, -0.05) is 12.0 Å². The molecule has 30 heavy (non-hydrogen) atoms. The number of amidine groups is 1. The fourth-order valence-electron chi connectivity index (χ4n) is 3.30. The van der Waals surface area contributed by atoms with E-state index in [4.69, 9.17) is 13.0 Å². The van der Waals surface area contributed by atoms with Gasteiger partial charge in [0.05, 0.1) is 22.1 Å². The quantitative estimate of drug-likeness (QED) is 0.267. The van der Waals surface area contributed by atoms with Crippen LogP contribution in [0.2, 0.25) is 0 Å². The van der Waals surface area contributed by atoms with Gasteiger partial charge < -0.3 is 10.2 Å². The van der Waals surface area contributed by atoms with Gasteiger partial charge in [-0.25, -0.2) is 15.0 Å². The second-order valence-corrected chi connectivity index (χ2v) is 8.23. The monoisotopic (exact) mass is 418 g/mol. The number of fused-ring (bicyclic) bond motifs is 1. The third-order valence-corrected chi connectivity index (χ3v) is 6.23. The van der Waals surface area contributed by atoms with E-state index in [1.54, 1.807) is 19.3 Å². The average molecular weight is 418 g/mol. The lowest BCUT2D eigenvalue weighted by atomic mass is 10.1. The maximum Gasteiger partial charge on any atom is 0.227 e. The normalized spacial score (nSPS) is 18.2. The van der Waals surface area contributed by atoms with E-state index in [-0.39, 0.29) is 0 Å². The van der Waals surface area contributed by atoms with Gasteiger partial charge in [-0.3, -0.25) is 4.21 Å². The Labute approximate surface area is 176 Å². The van der Waals surface area contributed by atoms with Crippen molar-refractivity contribution in [1.82, 2.24) is 19.9 Å². The van der Waals surface area contributed by atoms with Crippen LogP contribution in [-0.2, 0) is 17.2 Å². The van der Waals surface area contributed by atoms with Crippen LogP contribution < -0.4 is 10.2 Å². The van der Waals surface area contributed by atoms with Gasteiger partial charge in [-0.05, 0) is 12.0 Å². The van der Waals surface area contributed by atoms with Crippen LogP contribution in [0.15, 0.2) is 28.5 Å². The van der Waals surface area contributed by atoms with Gasteiger partial charge in [-0.15, -0.1) is 11.4 Å². The molecule has 0 unspecified atom stereocenters. The smallest absolute Gasteiger partial charge is 0.227 e. The van der Waals surface area contributed by atoms with Crippen molar-refractivity contribution in [2.45, 2.75) is 24.7 Å². The molecule has 0 saturated carbocycles. The van der Waals surface area contributed by atoms with Gasteiger partial charge in [0.15, 0.2) is 17.5 Å². The molecule has 0 aliphatic carbocycles. The molecular formula is C20H18N8OS. The molecule has 4 heterocycles. The van der Waals surface area contributed by atoms with Crippen molar-refractivity contribution in [1.29, 1.82) is 0 Å². The van der Waals surface area contributed by atoms with E-state index in [0.29, 0.717) is 59.1 Å². The number of anilines is 2. The highest BCUT2D eigenvalue weighted by Gasteiger charge is 2.28. The second kappa shape index (κ2) is 8.39. The molecule has 4 rings (SSSR count). The van der Waals surface area contributed by atoms with Crippen LogP contribution in [0.4, 0.5) is 11.8 Å². The predicted molar refractivity (Wildman–Crippen MR) is 115 cm³/mol. The van der Waals surface area contributed by atoms with E-state index in [0.717, 1.165) is 17.7 Å². The molecule has 2 aromatic rings. The van der Waals surface area contributed by atoms with Gasteiger partial charge in [-0.2, -0.15) is 11.6 Å². The first-order valence-electron chi connectivity index (χ1n) is 9.29. The minimum Gasteiger partial charge on any atom is -0.337 e. The summed E-state index contributed by atoms with van der Waals surface area (Å²) in [6.07, 6.45) is 12.1. The number of aromatic nitrogens is 4. The summed E-state index contributed by atoms with van der Waals surface area (Å²) in [6.45, 7) is 9.85. The lowest BCUT2D eigenvalue weighted by Gasteiger charge is -2.26. The van der Waals surface area contributed by atoms with Gasteiger partial charge in [0, 0.05) is 44.6 Å². The third-order valence-electron chi connectivity index (χ3n) is 4.77.